The predicted molar refractivity (Wildman–Crippen MR) is 78.9 cm³/mol. The van der Waals surface area contributed by atoms with Crippen LogP contribution in [0.5, 0.6) is 5.75 Å². The van der Waals surface area contributed by atoms with E-state index in [0.29, 0.717) is 24.7 Å². The summed E-state index contributed by atoms with van der Waals surface area (Å²) in [6.45, 7) is 7.34. The van der Waals surface area contributed by atoms with Crippen molar-refractivity contribution in [3.8, 4) is 5.75 Å². The van der Waals surface area contributed by atoms with E-state index in [-0.39, 0.29) is 18.8 Å². The fourth-order valence-corrected chi connectivity index (χ4v) is 1.43. The summed E-state index contributed by atoms with van der Waals surface area (Å²) in [7, 11) is 0. The van der Waals surface area contributed by atoms with Crippen LogP contribution in [-0.2, 0) is 9.47 Å². The van der Waals surface area contributed by atoms with Gasteiger partial charge in [-0.2, -0.15) is 0 Å². The Morgan fingerprint density at radius 2 is 1.75 bits per heavy atom. The Hall–Kier alpha value is -1.30. The zero-order valence-corrected chi connectivity index (χ0v) is 12.5. The lowest BCUT2D eigenvalue weighted by Crippen LogP contribution is -2.26. The van der Waals surface area contributed by atoms with Gasteiger partial charge in [0.1, 0.15) is 18.5 Å². The smallest absolute Gasteiger partial charge is 0.119 e. The molecule has 1 rings (SSSR count). The molecule has 5 heteroatoms. The first-order valence-corrected chi connectivity index (χ1v) is 6.75. The average molecular weight is 283 g/mol. The molecular formula is C15H25NO4. The minimum atomic E-state index is -0.665. The summed E-state index contributed by atoms with van der Waals surface area (Å²) in [6, 6.07) is 7.03. The van der Waals surface area contributed by atoms with E-state index < -0.39 is 6.10 Å². The number of rotatable bonds is 8. The molecule has 5 nitrogen and oxygen atoms in total. The van der Waals surface area contributed by atoms with Gasteiger partial charge >= 0.3 is 0 Å². The topological polar surface area (TPSA) is 73.9 Å². The molecule has 0 aliphatic carbocycles. The van der Waals surface area contributed by atoms with Gasteiger partial charge in [-0.25, -0.2) is 0 Å². The Morgan fingerprint density at radius 3 is 2.35 bits per heavy atom. The van der Waals surface area contributed by atoms with Crippen molar-refractivity contribution in [1.29, 1.82) is 0 Å². The van der Waals surface area contributed by atoms with Crippen molar-refractivity contribution in [2.45, 2.75) is 32.5 Å². The van der Waals surface area contributed by atoms with Crippen molar-refractivity contribution < 1.29 is 19.3 Å². The molecule has 1 aromatic rings. The number of anilines is 1. The normalized spacial score (nSPS) is 13.2. The number of aliphatic hydroxyl groups is 1. The van der Waals surface area contributed by atoms with E-state index in [1.54, 1.807) is 24.3 Å². The highest BCUT2D eigenvalue weighted by Gasteiger charge is 2.10. The van der Waals surface area contributed by atoms with Gasteiger partial charge in [-0.1, -0.05) is 0 Å². The van der Waals surface area contributed by atoms with Crippen LogP contribution in [0.4, 0.5) is 5.69 Å². The van der Waals surface area contributed by atoms with Crippen molar-refractivity contribution >= 4 is 5.69 Å². The zero-order chi connectivity index (χ0) is 15.0. The van der Waals surface area contributed by atoms with Gasteiger partial charge in [0, 0.05) is 5.69 Å². The van der Waals surface area contributed by atoms with E-state index in [1.165, 1.54) is 0 Å². The van der Waals surface area contributed by atoms with Crippen LogP contribution >= 0.6 is 0 Å². The van der Waals surface area contributed by atoms with Gasteiger partial charge in [0.05, 0.1) is 25.4 Å². The molecule has 0 aromatic heterocycles. The molecule has 0 spiro atoms. The number of nitrogen functional groups attached to an aromatic ring is 1. The Balaban J connectivity index is 2.08. The molecule has 0 heterocycles. The number of ether oxygens (including phenoxy) is 3. The average Bonchev–Trinajstić information content (AvgIpc) is 2.36. The van der Waals surface area contributed by atoms with Gasteiger partial charge in [0.2, 0.25) is 0 Å². The molecule has 0 amide bonds. The molecule has 0 bridgehead atoms. The fourth-order valence-electron chi connectivity index (χ4n) is 1.43. The van der Waals surface area contributed by atoms with Crippen LogP contribution in [0.1, 0.15) is 20.8 Å². The van der Waals surface area contributed by atoms with Gasteiger partial charge in [-0.15, -0.1) is 0 Å². The summed E-state index contributed by atoms with van der Waals surface area (Å²) >= 11 is 0. The first-order valence-electron chi connectivity index (χ1n) is 6.75. The Bertz CT molecular complexity index is 372. The number of hydrogen-bond donors (Lipinski definition) is 2. The Labute approximate surface area is 120 Å². The molecule has 0 aliphatic rings. The molecule has 1 aromatic carbocycles. The maximum Gasteiger partial charge on any atom is 0.119 e. The number of nitrogens with two attached hydrogens (primary N) is 1. The SMILES string of the molecule is CC(C)(C)OCCOCC(O)COc1ccc(N)cc1. The summed E-state index contributed by atoms with van der Waals surface area (Å²) < 4.78 is 16.2. The van der Waals surface area contributed by atoms with Gasteiger partial charge in [-0.05, 0) is 45.0 Å². The highest BCUT2D eigenvalue weighted by atomic mass is 16.5. The van der Waals surface area contributed by atoms with Crippen LogP contribution < -0.4 is 10.5 Å². The van der Waals surface area contributed by atoms with Crippen LogP contribution in [-0.4, -0.2) is 43.2 Å². The van der Waals surface area contributed by atoms with E-state index in [0.717, 1.165) is 0 Å². The van der Waals surface area contributed by atoms with Crippen molar-refractivity contribution in [1.82, 2.24) is 0 Å². The van der Waals surface area contributed by atoms with Gasteiger partial charge in [-0.3, -0.25) is 0 Å². The number of hydrogen-bond acceptors (Lipinski definition) is 5. The second kappa shape index (κ2) is 8.09. The van der Waals surface area contributed by atoms with Crippen molar-refractivity contribution in [2.75, 3.05) is 32.2 Å². The molecule has 3 N–H and O–H groups in total. The van der Waals surface area contributed by atoms with Gasteiger partial charge in [0.25, 0.3) is 0 Å². The molecule has 0 fully saturated rings. The fraction of sp³-hybridized carbons (Fsp3) is 0.600. The zero-order valence-electron chi connectivity index (χ0n) is 12.5. The van der Waals surface area contributed by atoms with Crippen LogP contribution in [0.15, 0.2) is 24.3 Å². The molecule has 0 saturated carbocycles. The lowest BCUT2D eigenvalue weighted by atomic mass is 10.2. The molecule has 0 saturated heterocycles. The monoisotopic (exact) mass is 283 g/mol. The third-order valence-corrected chi connectivity index (χ3v) is 2.40. The summed E-state index contributed by atoms with van der Waals surface area (Å²) in [6.07, 6.45) is -0.665. The maximum atomic E-state index is 9.71. The Kier molecular flexibility index (Phi) is 6.78. The van der Waals surface area contributed by atoms with E-state index >= 15 is 0 Å². The molecule has 114 valence electrons. The highest BCUT2D eigenvalue weighted by molar-refractivity contribution is 5.41. The lowest BCUT2D eigenvalue weighted by Gasteiger charge is -2.19. The van der Waals surface area contributed by atoms with Gasteiger partial charge in [0.15, 0.2) is 0 Å². The second-order valence-electron chi connectivity index (χ2n) is 5.57. The van der Waals surface area contributed by atoms with Gasteiger partial charge < -0.3 is 25.1 Å². The molecule has 1 atom stereocenters. The van der Waals surface area contributed by atoms with E-state index in [2.05, 4.69) is 0 Å². The minimum Gasteiger partial charge on any atom is -0.491 e. The molecule has 0 radical (unpaired) electrons. The Morgan fingerprint density at radius 1 is 1.10 bits per heavy atom. The molecule has 0 aliphatic heterocycles. The van der Waals surface area contributed by atoms with Crippen molar-refractivity contribution in [2.24, 2.45) is 0 Å². The predicted octanol–water partition coefficient (Wildman–Crippen LogP) is 1.84. The standard InChI is InChI=1S/C15H25NO4/c1-15(2,3)20-9-8-18-10-13(17)11-19-14-6-4-12(16)5-7-14/h4-7,13,17H,8-11,16H2,1-3H3. The van der Waals surface area contributed by atoms with Crippen LogP contribution in [0.25, 0.3) is 0 Å². The first kappa shape index (κ1) is 16.8. The van der Waals surface area contributed by atoms with Crippen molar-refractivity contribution in [3.63, 3.8) is 0 Å². The van der Waals surface area contributed by atoms with Crippen LogP contribution in [0, 0.1) is 0 Å². The van der Waals surface area contributed by atoms with E-state index in [1.807, 2.05) is 20.8 Å². The van der Waals surface area contributed by atoms with Crippen molar-refractivity contribution in [3.05, 3.63) is 24.3 Å². The summed E-state index contributed by atoms with van der Waals surface area (Å²) in [5, 5.41) is 9.71. The lowest BCUT2D eigenvalue weighted by molar-refractivity contribution is -0.0517. The summed E-state index contributed by atoms with van der Waals surface area (Å²) in [5.74, 6) is 0.675. The number of aliphatic hydroxyl groups excluding tert-OH is 1. The molecule has 20 heavy (non-hydrogen) atoms. The van der Waals surface area contributed by atoms with E-state index in [9.17, 15) is 5.11 Å². The number of benzene rings is 1. The molecular weight excluding hydrogens is 258 g/mol. The van der Waals surface area contributed by atoms with Crippen LogP contribution in [0.3, 0.4) is 0 Å². The highest BCUT2D eigenvalue weighted by Crippen LogP contribution is 2.13. The quantitative estimate of drug-likeness (QED) is 0.562. The van der Waals surface area contributed by atoms with Crippen LogP contribution in [0.2, 0.25) is 0 Å². The third-order valence-electron chi connectivity index (χ3n) is 2.40. The molecule has 1 unspecified atom stereocenters. The van der Waals surface area contributed by atoms with E-state index in [4.69, 9.17) is 19.9 Å². The summed E-state index contributed by atoms with van der Waals surface area (Å²) in [4.78, 5) is 0. The second-order valence-corrected chi connectivity index (χ2v) is 5.57. The third kappa shape index (κ3) is 7.99. The minimum absolute atomic E-state index is 0.166. The maximum absolute atomic E-state index is 9.71. The first-order chi connectivity index (χ1) is 9.37. The summed E-state index contributed by atoms with van der Waals surface area (Å²) in [5.41, 5.74) is 6.08. The largest absolute Gasteiger partial charge is 0.491 e.